The Morgan fingerprint density at radius 3 is 2.33 bits per heavy atom. The zero-order valence-electron chi connectivity index (χ0n) is 24.9. The molecule has 0 fully saturated rings. The first-order chi connectivity index (χ1) is 22.0. The van der Waals surface area contributed by atoms with Crippen molar-refractivity contribution in [3.8, 4) is 27.9 Å². The SMILES string of the molecule is CC1(C)c2ccccc2-c2cc3c4cc(-c5ccc6c(c5)oc5nc7ccncc7cc56)ccc4n(-c4ccccc4)c3cc21. The highest BCUT2D eigenvalue weighted by Gasteiger charge is 2.36. The van der Waals surface area contributed by atoms with Crippen LogP contribution in [0.3, 0.4) is 0 Å². The Kier molecular flexibility index (Phi) is 4.76. The van der Waals surface area contributed by atoms with Crippen molar-refractivity contribution in [2.75, 3.05) is 0 Å². The molecule has 10 rings (SSSR count). The van der Waals surface area contributed by atoms with Crippen LogP contribution in [0.1, 0.15) is 25.0 Å². The van der Waals surface area contributed by atoms with Gasteiger partial charge in [0.1, 0.15) is 5.58 Å². The van der Waals surface area contributed by atoms with Crippen LogP contribution in [-0.2, 0) is 5.41 Å². The minimum atomic E-state index is -0.0670. The summed E-state index contributed by atoms with van der Waals surface area (Å²) in [6.07, 6.45) is 3.62. The predicted octanol–water partition coefficient (Wildman–Crippen LogP) is 10.6. The van der Waals surface area contributed by atoms with Crippen LogP contribution >= 0.6 is 0 Å². The van der Waals surface area contributed by atoms with Gasteiger partial charge in [-0.05, 0) is 94.0 Å². The highest BCUT2D eigenvalue weighted by Crippen LogP contribution is 2.51. The number of rotatable bonds is 2. The molecular weight excluding hydrogens is 550 g/mol. The Balaban J connectivity index is 1.22. The van der Waals surface area contributed by atoms with E-state index in [4.69, 9.17) is 9.40 Å². The topological polar surface area (TPSA) is 43.9 Å². The van der Waals surface area contributed by atoms with E-state index in [0.717, 1.165) is 44.1 Å². The Hall–Kier alpha value is -5.74. The Bertz CT molecular complexity index is 2680. The number of benzene rings is 5. The van der Waals surface area contributed by atoms with Crippen LogP contribution < -0.4 is 0 Å². The smallest absolute Gasteiger partial charge is 0.227 e. The van der Waals surface area contributed by atoms with Crippen LogP contribution in [0.5, 0.6) is 0 Å². The van der Waals surface area contributed by atoms with E-state index in [1.807, 2.05) is 12.3 Å². The molecule has 45 heavy (non-hydrogen) atoms. The number of pyridine rings is 2. The van der Waals surface area contributed by atoms with E-state index < -0.39 is 0 Å². The number of fused-ring (bicyclic) bond motifs is 10. The average molecular weight is 578 g/mol. The number of nitrogens with zero attached hydrogens (tertiary/aromatic N) is 3. The highest BCUT2D eigenvalue weighted by molar-refractivity contribution is 6.13. The second-order valence-electron chi connectivity index (χ2n) is 12.7. The van der Waals surface area contributed by atoms with Gasteiger partial charge >= 0.3 is 0 Å². The van der Waals surface area contributed by atoms with Gasteiger partial charge in [0.25, 0.3) is 0 Å². The van der Waals surface area contributed by atoms with Crippen LogP contribution in [0.2, 0.25) is 0 Å². The summed E-state index contributed by atoms with van der Waals surface area (Å²) in [5.74, 6) is 0. The molecule has 0 aliphatic heterocycles. The largest absolute Gasteiger partial charge is 0.438 e. The number of para-hydroxylation sites is 1. The van der Waals surface area contributed by atoms with Gasteiger partial charge in [-0.2, -0.15) is 0 Å². The van der Waals surface area contributed by atoms with E-state index in [9.17, 15) is 0 Å². The summed E-state index contributed by atoms with van der Waals surface area (Å²) in [6.45, 7) is 4.70. The lowest BCUT2D eigenvalue weighted by Crippen LogP contribution is -2.14. The average Bonchev–Trinajstić information content (AvgIpc) is 3.67. The van der Waals surface area contributed by atoms with Gasteiger partial charge < -0.3 is 8.98 Å². The summed E-state index contributed by atoms with van der Waals surface area (Å²) in [7, 11) is 0. The molecule has 4 heteroatoms. The molecule has 0 unspecified atom stereocenters. The Labute approximate surface area is 259 Å². The fourth-order valence-corrected chi connectivity index (χ4v) is 7.63. The molecule has 9 aromatic rings. The van der Waals surface area contributed by atoms with Crippen LogP contribution in [0.25, 0.3) is 82.7 Å². The molecule has 0 radical (unpaired) electrons. The van der Waals surface area contributed by atoms with Crippen molar-refractivity contribution in [3.05, 3.63) is 139 Å². The second-order valence-corrected chi connectivity index (χ2v) is 12.7. The molecular formula is C41H27N3O. The van der Waals surface area contributed by atoms with Crippen molar-refractivity contribution in [2.45, 2.75) is 19.3 Å². The van der Waals surface area contributed by atoms with Gasteiger partial charge in [-0.25, -0.2) is 4.98 Å². The molecule has 0 saturated heterocycles. The van der Waals surface area contributed by atoms with Gasteiger partial charge in [0.05, 0.1) is 16.6 Å². The number of aromatic nitrogens is 3. The summed E-state index contributed by atoms with van der Waals surface area (Å²) >= 11 is 0. The molecule has 4 nitrogen and oxygen atoms in total. The van der Waals surface area contributed by atoms with E-state index in [2.05, 4.69) is 133 Å². The minimum Gasteiger partial charge on any atom is -0.438 e. The van der Waals surface area contributed by atoms with Gasteiger partial charge in [-0.1, -0.05) is 68.4 Å². The predicted molar refractivity (Wildman–Crippen MR) is 184 cm³/mol. The first-order valence-corrected chi connectivity index (χ1v) is 15.4. The molecule has 0 saturated carbocycles. The third kappa shape index (κ3) is 3.37. The normalized spacial score (nSPS) is 13.7. The highest BCUT2D eigenvalue weighted by atomic mass is 16.3. The molecule has 4 aromatic heterocycles. The van der Waals surface area contributed by atoms with Crippen LogP contribution in [0.4, 0.5) is 0 Å². The maximum atomic E-state index is 6.31. The third-order valence-corrected chi connectivity index (χ3v) is 9.87. The van der Waals surface area contributed by atoms with Gasteiger partial charge in [0.15, 0.2) is 0 Å². The van der Waals surface area contributed by atoms with Crippen molar-refractivity contribution in [1.29, 1.82) is 0 Å². The summed E-state index contributed by atoms with van der Waals surface area (Å²) in [6, 6.07) is 41.8. The van der Waals surface area contributed by atoms with Crippen molar-refractivity contribution in [3.63, 3.8) is 0 Å². The quantitative estimate of drug-likeness (QED) is 0.205. The van der Waals surface area contributed by atoms with E-state index in [1.165, 1.54) is 44.1 Å². The van der Waals surface area contributed by atoms with Gasteiger partial charge in [0, 0.05) is 50.4 Å². The molecule has 1 aliphatic carbocycles. The van der Waals surface area contributed by atoms with E-state index in [1.54, 1.807) is 6.20 Å². The molecule has 5 aromatic carbocycles. The van der Waals surface area contributed by atoms with Crippen molar-refractivity contribution >= 4 is 54.8 Å². The maximum absolute atomic E-state index is 6.31. The fourth-order valence-electron chi connectivity index (χ4n) is 7.63. The zero-order valence-corrected chi connectivity index (χ0v) is 24.9. The van der Waals surface area contributed by atoms with Crippen molar-refractivity contribution in [2.24, 2.45) is 0 Å². The van der Waals surface area contributed by atoms with E-state index in [0.29, 0.717) is 5.71 Å². The van der Waals surface area contributed by atoms with Gasteiger partial charge in [-0.15, -0.1) is 0 Å². The lowest BCUT2D eigenvalue weighted by molar-refractivity contribution is 0.656. The Morgan fingerprint density at radius 2 is 1.42 bits per heavy atom. The summed E-state index contributed by atoms with van der Waals surface area (Å²) in [5, 5.41) is 5.58. The number of hydrogen-bond acceptors (Lipinski definition) is 3. The van der Waals surface area contributed by atoms with E-state index >= 15 is 0 Å². The maximum Gasteiger partial charge on any atom is 0.227 e. The summed E-state index contributed by atoms with van der Waals surface area (Å²) in [4.78, 5) is 9.04. The van der Waals surface area contributed by atoms with Gasteiger partial charge in [-0.3, -0.25) is 4.98 Å². The fraction of sp³-hybridized carbons (Fsp3) is 0.0732. The zero-order chi connectivity index (χ0) is 29.9. The monoisotopic (exact) mass is 577 g/mol. The molecule has 0 atom stereocenters. The van der Waals surface area contributed by atoms with E-state index in [-0.39, 0.29) is 5.41 Å². The molecule has 4 heterocycles. The van der Waals surface area contributed by atoms with Crippen LogP contribution in [0, 0.1) is 0 Å². The van der Waals surface area contributed by atoms with Crippen LogP contribution in [-0.4, -0.2) is 14.5 Å². The molecule has 1 aliphatic rings. The summed E-state index contributed by atoms with van der Waals surface area (Å²) < 4.78 is 8.73. The first-order valence-electron chi connectivity index (χ1n) is 15.4. The third-order valence-electron chi connectivity index (χ3n) is 9.87. The number of furan rings is 1. The molecule has 212 valence electrons. The van der Waals surface area contributed by atoms with Crippen molar-refractivity contribution < 1.29 is 4.42 Å². The van der Waals surface area contributed by atoms with Crippen LogP contribution in [0.15, 0.2) is 132 Å². The number of hydrogen-bond donors (Lipinski definition) is 0. The lowest BCUT2D eigenvalue weighted by Gasteiger charge is -2.21. The molecule has 0 bridgehead atoms. The second kappa shape index (κ2) is 8.67. The van der Waals surface area contributed by atoms with Gasteiger partial charge in [0.2, 0.25) is 5.71 Å². The molecule has 0 N–H and O–H groups in total. The lowest BCUT2D eigenvalue weighted by atomic mass is 9.82. The standard InChI is InChI=1S/C41H27N3O/c1-41(2)34-11-7-6-10-28(34)30-21-32-31-18-24(13-15-37(31)44(38(32)22-35(30)41)27-8-4-3-5-9-27)25-12-14-29-33-19-26-23-42-17-16-36(26)43-40(33)45-39(29)20-25/h3-23H,1-2H3. The minimum absolute atomic E-state index is 0.0670. The summed E-state index contributed by atoms with van der Waals surface area (Å²) in [5.41, 5.74) is 13.6. The Morgan fingerprint density at radius 1 is 0.622 bits per heavy atom. The van der Waals surface area contributed by atoms with Crippen molar-refractivity contribution in [1.82, 2.24) is 14.5 Å². The molecule has 0 amide bonds. The molecule has 0 spiro atoms. The first kappa shape index (κ1) is 24.7.